The molecule has 0 aliphatic rings. The third-order valence-electron chi connectivity index (χ3n) is 2.15. The predicted molar refractivity (Wildman–Crippen MR) is 58.3 cm³/mol. The Kier molecular flexibility index (Phi) is 5.79. The number of aliphatic hydroxyl groups excluding tert-OH is 1. The third kappa shape index (κ3) is 5.11. The summed E-state index contributed by atoms with van der Waals surface area (Å²) in [6.45, 7) is 5.79. The molecule has 0 aliphatic carbocycles. The number of hydrogen-bond donors (Lipinski definition) is 3. The molecule has 0 radical (unpaired) electrons. The molecule has 5 heteroatoms. The summed E-state index contributed by atoms with van der Waals surface area (Å²) in [5.74, 6) is -0.265. The van der Waals surface area contributed by atoms with Gasteiger partial charge >= 0.3 is 0 Å². The molecule has 90 valence electrons. The minimum absolute atomic E-state index is 0.156. The van der Waals surface area contributed by atoms with Crippen molar-refractivity contribution in [1.82, 2.24) is 5.32 Å². The lowest BCUT2D eigenvalue weighted by Gasteiger charge is -2.27. The second-order valence-electron chi connectivity index (χ2n) is 4.69. The van der Waals surface area contributed by atoms with Gasteiger partial charge in [0.2, 0.25) is 5.91 Å². The van der Waals surface area contributed by atoms with Crippen LogP contribution in [-0.2, 0) is 9.53 Å². The molecular formula is C10H22N2O3. The van der Waals surface area contributed by atoms with E-state index in [9.17, 15) is 4.79 Å². The number of hydrogen-bond acceptors (Lipinski definition) is 4. The van der Waals surface area contributed by atoms with E-state index in [1.807, 2.05) is 20.8 Å². The fraction of sp³-hybridized carbons (Fsp3) is 0.900. The highest BCUT2D eigenvalue weighted by atomic mass is 16.5. The lowest BCUT2D eigenvalue weighted by atomic mass is 9.87. The Morgan fingerprint density at radius 3 is 2.40 bits per heavy atom. The van der Waals surface area contributed by atoms with Crippen molar-refractivity contribution in [2.45, 2.75) is 32.9 Å². The van der Waals surface area contributed by atoms with E-state index in [1.54, 1.807) is 0 Å². The summed E-state index contributed by atoms with van der Waals surface area (Å²) in [6.07, 6.45) is 0. The van der Waals surface area contributed by atoms with Gasteiger partial charge in [0, 0.05) is 7.11 Å². The number of nitrogens with one attached hydrogen (secondary N) is 1. The molecule has 1 amide bonds. The first-order chi connectivity index (χ1) is 6.82. The van der Waals surface area contributed by atoms with Crippen LogP contribution in [0, 0.1) is 5.41 Å². The van der Waals surface area contributed by atoms with Crippen molar-refractivity contribution in [3.63, 3.8) is 0 Å². The van der Waals surface area contributed by atoms with E-state index in [0.717, 1.165) is 0 Å². The van der Waals surface area contributed by atoms with Gasteiger partial charge in [0.05, 0.1) is 25.3 Å². The van der Waals surface area contributed by atoms with Gasteiger partial charge in [-0.05, 0) is 5.41 Å². The zero-order valence-corrected chi connectivity index (χ0v) is 9.91. The molecule has 0 rings (SSSR count). The summed E-state index contributed by atoms with van der Waals surface area (Å²) in [4.78, 5) is 11.6. The van der Waals surface area contributed by atoms with Gasteiger partial charge in [-0.1, -0.05) is 20.8 Å². The van der Waals surface area contributed by atoms with E-state index < -0.39 is 12.1 Å². The molecule has 0 saturated carbocycles. The average Bonchev–Trinajstić information content (AvgIpc) is 2.14. The molecule has 1 unspecified atom stereocenters. The number of rotatable bonds is 5. The molecule has 0 saturated heterocycles. The fourth-order valence-electron chi connectivity index (χ4n) is 1.03. The number of ether oxygens (including phenoxy) is 1. The SMILES string of the molecule is COCC(CO)NC(=O)[C@@H](N)C(C)(C)C. The number of methoxy groups -OCH3 is 1. The molecule has 0 aromatic carbocycles. The molecule has 5 nitrogen and oxygen atoms in total. The smallest absolute Gasteiger partial charge is 0.237 e. The van der Waals surface area contributed by atoms with Crippen molar-refractivity contribution in [3.05, 3.63) is 0 Å². The molecule has 4 N–H and O–H groups in total. The maximum absolute atomic E-state index is 11.6. The molecule has 15 heavy (non-hydrogen) atoms. The first kappa shape index (κ1) is 14.3. The predicted octanol–water partition coefficient (Wildman–Crippen LogP) is -0.517. The number of aliphatic hydroxyl groups is 1. The molecule has 0 fully saturated rings. The van der Waals surface area contributed by atoms with E-state index in [2.05, 4.69) is 5.32 Å². The van der Waals surface area contributed by atoms with Crippen molar-refractivity contribution in [3.8, 4) is 0 Å². The van der Waals surface area contributed by atoms with E-state index in [1.165, 1.54) is 7.11 Å². The molecule has 0 aromatic heterocycles. The Bertz CT molecular complexity index is 201. The topological polar surface area (TPSA) is 84.6 Å². The minimum atomic E-state index is -0.594. The van der Waals surface area contributed by atoms with Crippen LogP contribution in [0.5, 0.6) is 0 Å². The van der Waals surface area contributed by atoms with Crippen molar-refractivity contribution in [1.29, 1.82) is 0 Å². The normalized spacial score (nSPS) is 15.9. The van der Waals surface area contributed by atoms with Gasteiger partial charge in [0.1, 0.15) is 0 Å². The van der Waals surface area contributed by atoms with Gasteiger partial charge in [0.25, 0.3) is 0 Å². The minimum Gasteiger partial charge on any atom is -0.394 e. The molecular weight excluding hydrogens is 196 g/mol. The molecule has 0 aliphatic heterocycles. The zero-order chi connectivity index (χ0) is 12.1. The third-order valence-corrected chi connectivity index (χ3v) is 2.15. The first-order valence-corrected chi connectivity index (χ1v) is 4.98. The van der Waals surface area contributed by atoms with Gasteiger partial charge in [-0.3, -0.25) is 4.79 Å². The second kappa shape index (κ2) is 6.05. The molecule has 0 heterocycles. The number of amides is 1. The quantitative estimate of drug-likeness (QED) is 0.580. The summed E-state index contributed by atoms with van der Waals surface area (Å²) in [5.41, 5.74) is 5.46. The highest BCUT2D eigenvalue weighted by Gasteiger charge is 2.28. The summed E-state index contributed by atoms with van der Waals surface area (Å²) in [7, 11) is 1.51. The number of carbonyl (C=O) groups excluding carboxylic acids is 1. The highest BCUT2D eigenvalue weighted by molar-refractivity contribution is 5.82. The van der Waals surface area contributed by atoms with E-state index in [-0.39, 0.29) is 24.5 Å². The highest BCUT2D eigenvalue weighted by Crippen LogP contribution is 2.17. The van der Waals surface area contributed by atoms with Crippen LogP contribution in [0.3, 0.4) is 0 Å². The van der Waals surface area contributed by atoms with E-state index in [4.69, 9.17) is 15.6 Å². The van der Waals surface area contributed by atoms with Crippen LogP contribution in [0.2, 0.25) is 0 Å². The van der Waals surface area contributed by atoms with Crippen LogP contribution in [0.15, 0.2) is 0 Å². The first-order valence-electron chi connectivity index (χ1n) is 4.98. The van der Waals surface area contributed by atoms with Crippen molar-refractivity contribution in [2.75, 3.05) is 20.3 Å². The fourth-order valence-corrected chi connectivity index (χ4v) is 1.03. The summed E-state index contributed by atoms with van der Waals surface area (Å²) in [5, 5.41) is 11.6. The lowest BCUT2D eigenvalue weighted by Crippen LogP contribution is -2.53. The maximum Gasteiger partial charge on any atom is 0.237 e. The standard InChI is InChI=1S/C10H22N2O3/c1-10(2,3)8(11)9(14)12-7(5-13)6-15-4/h7-8,13H,5-6,11H2,1-4H3,(H,12,14)/t7?,8-/m1/s1. The molecule has 0 bridgehead atoms. The second-order valence-corrected chi connectivity index (χ2v) is 4.69. The summed E-state index contributed by atoms with van der Waals surface area (Å²) >= 11 is 0. The van der Waals surface area contributed by atoms with Crippen LogP contribution in [0.4, 0.5) is 0 Å². The molecule has 0 aromatic rings. The van der Waals surface area contributed by atoms with E-state index in [0.29, 0.717) is 0 Å². The van der Waals surface area contributed by atoms with Gasteiger partial charge in [-0.15, -0.1) is 0 Å². The van der Waals surface area contributed by atoms with Gasteiger partial charge in [0.15, 0.2) is 0 Å². The summed E-state index contributed by atoms with van der Waals surface area (Å²) in [6, 6.07) is -0.987. The van der Waals surface area contributed by atoms with E-state index >= 15 is 0 Å². The Hall–Kier alpha value is -0.650. The zero-order valence-electron chi connectivity index (χ0n) is 9.91. The van der Waals surface area contributed by atoms with Crippen molar-refractivity contribution >= 4 is 5.91 Å². The summed E-state index contributed by atoms with van der Waals surface area (Å²) < 4.78 is 4.85. The molecule has 0 spiro atoms. The van der Waals surface area contributed by atoms with Crippen LogP contribution < -0.4 is 11.1 Å². The Morgan fingerprint density at radius 1 is 1.53 bits per heavy atom. The van der Waals surface area contributed by atoms with Gasteiger partial charge in [-0.2, -0.15) is 0 Å². The number of carbonyl (C=O) groups is 1. The Labute approximate surface area is 91.0 Å². The Balaban J connectivity index is 4.22. The van der Waals surface area contributed by atoms with Crippen LogP contribution >= 0.6 is 0 Å². The van der Waals surface area contributed by atoms with Crippen LogP contribution in [-0.4, -0.2) is 43.4 Å². The number of nitrogens with two attached hydrogens (primary N) is 1. The van der Waals surface area contributed by atoms with Crippen LogP contribution in [0.1, 0.15) is 20.8 Å². The van der Waals surface area contributed by atoms with Crippen molar-refractivity contribution in [2.24, 2.45) is 11.1 Å². The molecule has 2 atom stereocenters. The Morgan fingerprint density at radius 2 is 2.07 bits per heavy atom. The largest absolute Gasteiger partial charge is 0.394 e. The van der Waals surface area contributed by atoms with Gasteiger partial charge in [-0.25, -0.2) is 0 Å². The lowest BCUT2D eigenvalue weighted by molar-refractivity contribution is -0.126. The van der Waals surface area contributed by atoms with Crippen molar-refractivity contribution < 1.29 is 14.6 Å². The van der Waals surface area contributed by atoms with Gasteiger partial charge < -0.3 is 20.9 Å². The van der Waals surface area contributed by atoms with Crippen LogP contribution in [0.25, 0.3) is 0 Å². The monoisotopic (exact) mass is 218 g/mol. The maximum atomic E-state index is 11.6. The average molecular weight is 218 g/mol.